The van der Waals surface area contributed by atoms with Crippen LogP contribution in [-0.4, -0.2) is 24.2 Å². The van der Waals surface area contributed by atoms with E-state index in [1.807, 2.05) is 20.8 Å². The molecule has 0 aliphatic heterocycles. The molecule has 1 aliphatic rings. The molecule has 0 aromatic heterocycles. The molecule has 1 saturated carbocycles. The Bertz CT molecular complexity index is 225. The summed E-state index contributed by atoms with van der Waals surface area (Å²) in [5.41, 5.74) is -0.375. The van der Waals surface area contributed by atoms with E-state index in [1.165, 1.54) is 44.9 Å². The normalized spacial score (nSPS) is 19.5. The molecule has 1 aliphatic carbocycles. The zero-order valence-corrected chi connectivity index (χ0v) is 11.6. The average Bonchev–Trinajstić information content (AvgIpc) is 2.13. The van der Waals surface area contributed by atoms with Crippen LogP contribution in [0.5, 0.6) is 0 Å². The van der Waals surface area contributed by atoms with Gasteiger partial charge in [-0.25, -0.2) is 0 Å². The Kier molecular flexibility index (Phi) is 5.96. The molecule has 0 saturated heterocycles. The van der Waals surface area contributed by atoms with Crippen LogP contribution in [0.15, 0.2) is 0 Å². The van der Waals surface area contributed by atoms with Crippen LogP contribution in [0.25, 0.3) is 0 Å². The predicted octanol–water partition coefficient (Wildman–Crippen LogP) is 3.03. The van der Waals surface area contributed by atoms with E-state index in [0.717, 1.165) is 0 Å². The van der Waals surface area contributed by atoms with Crippen molar-refractivity contribution in [2.75, 3.05) is 6.54 Å². The lowest BCUT2D eigenvalue weighted by atomic mass is 9.97. The number of hydrogen-bond donors (Lipinski definition) is 1. The lowest BCUT2D eigenvalue weighted by molar-refractivity contribution is -0.153. The summed E-state index contributed by atoms with van der Waals surface area (Å²) in [5, 5.41) is 3.34. The molecule has 1 rings (SSSR count). The van der Waals surface area contributed by atoms with E-state index in [0.29, 0.717) is 12.6 Å². The minimum Gasteiger partial charge on any atom is -0.459 e. The number of esters is 1. The van der Waals surface area contributed by atoms with Gasteiger partial charge in [0, 0.05) is 6.04 Å². The summed E-state index contributed by atoms with van der Waals surface area (Å²) >= 11 is 0. The van der Waals surface area contributed by atoms with E-state index >= 15 is 0 Å². The third-order valence-corrected chi connectivity index (χ3v) is 3.06. The maximum Gasteiger partial charge on any atom is 0.320 e. The summed E-state index contributed by atoms with van der Waals surface area (Å²) in [5.74, 6) is -0.139. The Morgan fingerprint density at radius 1 is 1.12 bits per heavy atom. The first-order valence-corrected chi connectivity index (χ1v) is 6.92. The van der Waals surface area contributed by atoms with Crippen LogP contribution in [-0.2, 0) is 9.53 Å². The van der Waals surface area contributed by atoms with Crippen molar-refractivity contribution in [3.05, 3.63) is 0 Å². The highest BCUT2D eigenvalue weighted by molar-refractivity contribution is 5.72. The molecule has 0 amide bonds. The second-order valence-electron chi connectivity index (χ2n) is 6.01. The molecule has 1 fully saturated rings. The van der Waals surface area contributed by atoms with E-state index in [4.69, 9.17) is 4.74 Å². The monoisotopic (exact) mass is 241 g/mol. The molecule has 0 aromatic carbocycles. The summed E-state index contributed by atoms with van der Waals surface area (Å²) in [6.07, 6.45) is 9.01. The maximum atomic E-state index is 11.6. The van der Waals surface area contributed by atoms with E-state index in [2.05, 4.69) is 5.32 Å². The van der Waals surface area contributed by atoms with Crippen LogP contribution in [0.2, 0.25) is 0 Å². The van der Waals surface area contributed by atoms with Gasteiger partial charge in [-0.3, -0.25) is 4.79 Å². The van der Waals surface area contributed by atoms with Crippen LogP contribution in [0.1, 0.15) is 65.7 Å². The first kappa shape index (κ1) is 14.5. The average molecular weight is 241 g/mol. The second-order valence-corrected chi connectivity index (χ2v) is 6.01. The van der Waals surface area contributed by atoms with Gasteiger partial charge < -0.3 is 10.1 Å². The molecule has 100 valence electrons. The molecular weight excluding hydrogens is 214 g/mol. The largest absolute Gasteiger partial charge is 0.459 e. The summed E-state index contributed by atoms with van der Waals surface area (Å²) < 4.78 is 5.28. The topological polar surface area (TPSA) is 38.3 Å². The van der Waals surface area contributed by atoms with Crippen LogP contribution in [0.4, 0.5) is 0 Å². The van der Waals surface area contributed by atoms with Crippen molar-refractivity contribution >= 4 is 5.97 Å². The molecule has 3 nitrogen and oxygen atoms in total. The Hall–Kier alpha value is -0.570. The number of nitrogens with one attached hydrogen (secondary N) is 1. The molecular formula is C14H27NO2. The smallest absolute Gasteiger partial charge is 0.320 e. The molecule has 0 heterocycles. The first-order chi connectivity index (χ1) is 7.97. The van der Waals surface area contributed by atoms with Gasteiger partial charge in [0.15, 0.2) is 0 Å². The van der Waals surface area contributed by atoms with Gasteiger partial charge in [-0.1, -0.05) is 32.1 Å². The number of hydrogen-bond acceptors (Lipinski definition) is 3. The predicted molar refractivity (Wildman–Crippen MR) is 70.0 cm³/mol. The molecule has 1 N–H and O–H groups in total. The molecule has 0 atom stereocenters. The third kappa shape index (κ3) is 7.37. The van der Waals surface area contributed by atoms with E-state index in [9.17, 15) is 4.79 Å². The highest BCUT2D eigenvalue weighted by atomic mass is 16.6. The fourth-order valence-electron chi connectivity index (χ4n) is 2.27. The number of carbonyl (C=O) groups excluding carboxylic acids is 1. The van der Waals surface area contributed by atoms with Crippen molar-refractivity contribution in [3.63, 3.8) is 0 Å². The quantitative estimate of drug-likeness (QED) is 0.772. The Labute approximate surface area is 105 Å². The van der Waals surface area contributed by atoms with Crippen molar-refractivity contribution < 1.29 is 9.53 Å². The second kappa shape index (κ2) is 7.00. The van der Waals surface area contributed by atoms with Gasteiger partial charge in [-0.2, -0.15) is 0 Å². The Morgan fingerprint density at radius 3 is 2.18 bits per heavy atom. The molecule has 0 unspecified atom stereocenters. The van der Waals surface area contributed by atoms with E-state index < -0.39 is 0 Å². The van der Waals surface area contributed by atoms with Crippen molar-refractivity contribution in [2.24, 2.45) is 0 Å². The Balaban J connectivity index is 2.21. The minimum absolute atomic E-state index is 0.139. The summed E-state index contributed by atoms with van der Waals surface area (Å²) in [6.45, 7) is 6.06. The molecule has 17 heavy (non-hydrogen) atoms. The zero-order chi connectivity index (χ0) is 12.7. The van der Waals surface area contributed by atoms with Gasteiger partial charge in [0.1, 0.15) is 5.60 Å². The van der Waals surface area contributed by atoms with Crippen LogP contribution in [0, 0.1) is 0 Å². The summed E-state index contributed by atoms with van der Waals surface area (Å²) in [4.78, 5) is 11.6. The summed E-state index contributed by atoms with van der Waals surface area (Å²) in [7, 11) is 0. The lowest BCUT2D eigenvalue weighted by Gasteiger charge is -2.23. The van der Waals surface area contributed by atoms with Crippen molar-refractivity contribution in [1.82, 2.24) is 5.32 Å². The van der Waals surface area contributed by atoms with Gasteiger partial charge in [0.05, 0.1) is 6.54 Å². The van der Waals surface area contributed by atoms with Gasteiger partial charge in [-0.15, -0.1) is 0 Å². The van der Waals surface area contributed by atoms with E-state index in [1.54, 1.807) is 0 Å². The van der Waals surface area contributed by atoms with Gasteiger partial charge in [-0.05, 0) is 33.6 Å². The molecule has 0 bridgehead atoms. The summed E-state index contributed by atoms with van der Waals surface area (Å²) in [6, 6.07) is 0.503. The number of ether oxygens (including phenoxy) is 1. The fourth-order valence-corrected chi connectivity index (χ4v) is 2.27. The van der Waals surface area contributed by atoms with Crippen molar-refractivity contribution in [1.29, 1.82) is 0 Å². The lowest BCUT2D eigenvalue weighted by Crippen LogP contribution is -2.37. The van der Waals surface area contributed by atoms with Crippen LogP contribution < -0.4 is 5.32 Å². The number of rotatable bonds is 3. The van der Waals surface area contributed by atoms with E-state index in [-0.39, 0.29) is 11.6 Å². The maximum absolute atomic E-state index is 11.6. The highest BCUT2D eigenvalue weighted by Crippen LogP contribution is 2.17. The first-order valence-electron chi connectivity index (χ1n) is 6.92. The fraction of sp³-hybridized carbons (Fsp3) is 0.929. The zero-order valence-electron chi connectivity index (χ0n) is 11.6. The standard InChI is InChI=1S/C14H27NO2/c1-14(2,3)17-13(16)11-15-12-9-7-5-4-6-8-10-12/h12,15H,4-11H2,1-3H3. The Morgan fingerprint density at radius 2 is 1.65 bits per heavy atom. The highest BCUT2D eigenvalue weighted by Gasteiger charge is 2.17. The molecule has 0 spiro atoms. The number of carbonyl (C=O) groups is 1. The molecule has 0 aromatic rings. The molecule has 3 heteroatoms. The van der Waals surface area contributed by atoms with Crippen LogP contribution >= 0.6 is 0 Å². The minimum atomic E-state index is -0.375. The van der Waals surface area contributed by atoms with Gasteiger partial charge in [0.2, 0.25) is 0 Å². The van der Waals surface area contributed by atoms with Crippen molar-refractivity contribution in [2.45, 2.75) is 77.4 Å². The molecule has 0 radical (unpaired) electrons. The SMILES string of the molecule is CC(C)(C)OC(=O)CNC1CCCCCCC1. The van der Waals surface area contributed by atoms with Gasteiger partial charge in [0.25, 0.3) is 0 Å². The van der Waals surface area contributed by atoms with Crippen LogP contribution in [0.3, 0.4) is 0 Å². The third-order valence-electron chi connectivity index (χ3n) is 3.06. The van der Waals surface area contributed by atoms with Crippen molar-refractivity contribution in [3.8, 4) is 0 Å². The van der Waals surface area contributed by atoms with Gasteiger partial charge >= 0.3 is 5.97 Å².